The summed E-state index contributed by atoms with van der Waals surface area (Å²) in [6.07, 6.45) is 0.450. The van der Waals surface area contributed by atoms with Crippen molar-refractivity contribution in [3.8, 4) is 0 Å². The smallest absolute Gasteiger partial charge is 0.226 e. The Hall–Kier alpha value is -0.880. The Morgan fingerprint density at radius 3 is 2.53 bits per heavy atom. The van der Waals surface area contributed by atoms with Crippen molar-refractivity contribution in [3.05, 3.63) is 34.3 Å². The molecule has 0 N–H and O–H groups in total. The number of sulfone groups is 1. The topological polar surface area (TPSA) is 54.5 Å². The summed E-state index contributed by atoms with van der Waals surface area (Å²) in [5, 5.41) is 0. The maximum absolute atomic E-state index is 12.2. The zero-order valence-electron chi connectivity index (χ0n) is 10.7. The summed E-state index contributed by atoms with van der Waals surface area (Å²) in [7, 11) is -1.29. The lowest BCUT2D eigenvalue weighted by molar-refractivity contribution is -0.133. The van der Waals surface area contributed by atoms with E-state index in [-0.39, 0.29) is 23.3 Å². The Labute approximate surface area is 121 Å². The van der Waals surface area contributed by atoms with Gasteiger partial charge in [-0.25, -0.2) is 8.42 Å². The lowest BCUT2D eigenvalue weighted by atomic mass is 10.1. The summed E-state index contributed by atoms with van der Waals surface area (Å²) >= 11 is 3.36. The van der Waals surface area contributed by atoms with Crippen molar-refractivity contribution in [2.45, 2.75) is 13.0 Å². The maximum Gasteiger partial charge on any atom is 0.226 e. The van der Waals surface area contributed by atoms with Gasteiger partial charge in [-0.05, 0) is 24.1 Å². The third-order valence-corrected chi connectivity index (χ3v) is 5.59. The van der Waals surface area contributed by atoms with Crippen LogP contribution < -0.4 is 0 Å². The van der Waals surface area contributed by atoms with E-state index < -0.39 is 9.84 Å². The van der Waals surface area contributed by atoms with Gasteiger partial charge in [-0.2, -0.15) is 0 Å². The van der Waals surface area contributed by atoms with Crippen LogP contribution in [0.3, 0.4) is 0 Å². The molecule has 6 heteroatoms. The van der Waals surface area contributed by atoms with E-state index in [0.29, 0.717) is 13.0 Å². The molecule has 1 heterocycles. The fourth-order valence-electron chi connectivity index (χ4n) is 2.24. The van der Waals surface area contributed by atoms with Crippen LogP contribution >= 0.6 is 15.9 Å². The molecule has 1 saturated heterocycles. The third kappa shape index (κ3) is 3.79. The fourth-order valence-corrected chi connectivity index (χ4v) is 4.24. The molecule has 1 aliphatic heterocycles. The van der Waals surface area contributed by atoms with Gasteiger partial charge in [0.05, 0.1) is 17.4 Å². The minimum absolute atomic E-state index is 0.00346. The highest BCUT2D eigenvalue weighted by molar-refractivity contribution is 9.10. The predicted molar refractivity (Wildman–Crippen MR) is 77.4 cm³/mol. The molecule has 1 aromatic rings. The first kappa shape index (κ1) is 14.5. The number of halogens is 1. The molecule has 1 atom stereocenters. The molecule has 19 heavy (non-hydrogen) atoms. The SMILES string of the molecule is CN(Cc1ccc(Br)cc1)C(=O)[C@@H]1CCS(=O)(=O)C1. The first-order chi connectivity index (χ1) is 8.87. The van der Waals surface area contributed by atoms with Crippen LogP contribution in [0.15, 0.2) is 28.7 Å². The number of hydrogen-bond donors (Lipinski definition) is 0. The first-order valence-corrected chi connectivity index (χ1v) is 8.69. The van der Waals surface area contributed by atoms with Gasteiger partial charge in [-0.3, -0.25) is 4.79 Å². The van der Waals surface area contributed by atoms with E-state index in [1.54, 1.807) is 11.9 Å². The van der Waals surface area contributed by atoms with Gasteiger partial charge in [-0.1, -0.05) is 28.1 Å². The van der Waals surface area contributed by atoms with Gasteiger partial charge >= 0.3 is 0 Å². The molecule has 0 radical (unpaired) electrons. The Morgan fingerprint density at radius 2 is 2.00 bits per heavy atom. The van der Waals surface area contributed by atoms with E-state index in [1.165, 1.54) is 0 Å². The summed E-state index contributed by atoms with van der Waals surface area (Å²) in [5.41, 5.74) is 1.03. The van der Waals surface area contributed by atoms with Crippen LogP contribution in [0.2, 0.25) is 0 Å². The quantitative estimate of drug-likeness (QED) is 0.839. The molecule has 0 bridgehead atoms. The number of carbonyl (C=O) groups is 1. The summed E-state index contributed by atoms with van der Waals surface area (Å²) < 4.78 is 23.8. The highest BCUT2D eigenvalue weighted by Gasteiger charge is 2.34. The van der Waals surface area contributed by atoms with E-state index in [4.69, 9.17) is 0 Å². The van der Waals surface area contributed by atoms with Crippen LogP contribution in [0.4, 0.5) is 0 Å². The molecule has 104 valence electrons. The zero-order chi connectivity index (χ0) is 14.0. The number of hydrogen-bond acceptors (Lipinski definition) is 3. The van der Waals surface area contributed by atoms with Gasteiger partial charge < -0.3 is 4.90 Å². The molecule has 0 aliphatic carbocycles. The molecule has 1 aromatic carbocycles. The monoisotopic (exact) mass is 345 g/mol. The Morgan fingerprint density at radius 1 is 1.37 bits per heavy atom. The molecule has 0 unspecified atom stereocenters. The molecular formula is C13H16BrNO3S. The third-order valence-electron chi connectivity index (χ3n) is 3.29. The maximum atomic E-state index is 12.2. The van der Waals surface area contributed by atoms with Crippen LogP contribution in [0, 0.1) is 5.92 Å². The first-order valence-electron chi connectivity index (χ1n) is 6.07. The number of carbonyl (C=O) groups excluding carboxylic acids is 1. The van der Waals surface area contributed by atoms with Gasteiger partial charge in [0.25, 0.3) is 0 Å². The molecule has 0 saturated carbocycles. The normalized spacial score (nSPS) is 21.3. The lowest BCUT2D eigenvalue weighted by Gasteiger charge is -2.20. The van der Waals surface area contributed by atoms with Crippen LogP contribution in [0.5, 0.6) is 0 Å². The number of rotatable bonds is 3. The standard InChI is InChI=1S/C13H16BrNO3S/c1-15(8-10-2-4-12(14)5-3-10)13(16)11-6-7-19(17,18)9-11/h2-5,11H,6-9H2,1H3/t11-/m1/s1. The molecular weight excluding hydrogens is 330 g/mol. The van der Waals surface area contributed by atoms with Crippen LogP contribution in [0.25, 0.3) is 0 Å². The number of amides is 1. The molecule has 0 aromatic heterocycles. The molecule has 0 spiro atoms. The van der Waals surface area contributed by atoms with Crippen LogP contribution in [-0.4, -0.2) is 37.8 Å². The molecule has 4 nitrogen and oxygen atoms in total. The summed E-state index contributed by atoms with van der Waals surface area (Å²) in [6, 6.07) is 7.74. The minimum Gasteiger partial charge on any atom is -0.341 e. The molecule has 1 amide bonds. The van der Waals surface area contributed by atoms with Crippen molar-refractivity contribution >= 4 is 31.7 Å². The summed E-state index contributed by atoms with van der Waals surface area (Å²) in [5.74, 6) is -0.319. The van der Waals surface area contributed by atoms with E-state index in [2.05, 4.69) is 15.9 Å². The Kier molecular flexibility index (Phi) is 4.30. The summed E-state index contributed by atoms with van der Waals surface area (Å²) in [6.45, 7) is 0.503. The summed E-state index contributed by atoms with van der Waals surface area (Å²) in [4.78, 5) is 13.8. The van der Waals surface area contributed by atoms with Crippen molar-refractivity contribution < 1.29 is 13.2 Å². The zero-order valence-corrected chi connectivity index (χ0v) is 13.1. The van der Waals surface area contributed by atoms with Gasteiger partial charge in [0, 0.05) is 18.1 Å². The van der Waals surface area contributed by atoms with Crippen molar-refractivity contribution in [1.29, 1.82) is 0 Å². The van der Waals surface area contributed by atoms with Crippen molar-refractivity contribution in [2.75, 3.05) is 18.6 Å². The van der Waals surface area contributed by atoms with Gasteiger partial charge in [0.1, 0.15) is 0 Å². The number of benzene rings is 1. The van der Waals surface area contributed by atoms with E-state index in [9.17, 15) is 13.2 Å². The minimum atomic E-state index is -3.01. The van der Waals surface area contributed by atoms with E-state index in [1.807, 2.05) is 24.3 Å². The van der Waals surface area contributed by atoms with Crippen LogP contribution in [0.1, 0.15) is 12.0 Å². The van der Waals surface area contributed by atoms with Gasteiger partial charge in [0.2, 0.25) is 5.91 Å². The fraction of sp³-hybridized carbons (Fsp3) is 0.462. The van der Waals surface area contributed by atoms with Crippen molar-refractivity contribution in [1.82, 2.24) is 4.90 Å². The van der Waals surface area contributed by atoms with Gasteiger partial charge in [-0.15, -0.1) is 0 Å². The number of nitrogens with zero attached hydrogens (tertiary/aromatic N) is 1. The predicted octanol–water partition coefficient (Wildman–Crippen LogP) is 1.84. The largest absolute Gasteiger partial charge is 0.341 e. The lowest BCUT2D eigenvalue weighted by Crippen LogP contribution is -2.33. The van der Waals surface area contributed by atoms with Gasteiger partial charge in [0.15, 0.2) is 9.84 Å². The molecule has 2 rings (SSSR count). The Balaban J connectivity index is 1.98. The van der Waals surface area contributed by atoms with Crippen molar-refractivity contribution in [2.24, 2.45) is 5.92 Å². The highest BCUT2D eigenvalue weighted by Crippen LogP contribution is 2.21. The van der Waals surface area contributed by atoms with Crippen molar-refractivity contribution in [3.63, 3.8) is 0 Å². The second kappa shape index (κ2) is 5.63. The Bertz CT molecular complexity index is 568. The van der Waals surface area contributed by atoms with Crippen LogP contribution in [-0.2, 0) is 21.2 Å². The molecule has 1 aliphatic rings. The average Bonchev–Trinajstić information content (AvgIpc) is 2.71. The highest BCUT2D eigenvalue weighted by atomic mass is 79.9. The van der Waals surface area contributed by atoms with E-state index >= 15 is 0 Å². The second-order valence-corrected chi connectivity index (χ2v) is 8.07. The average molecular weight is 346 g/mol. The molecule has 1 fully saturated rings. The van der Waals surface area contributed by atoms with E-state index in [0.717, 1.165) is 10.0 Å². The second-order valence-electron chi connectivity index (χ2n) is 4.92.